The Morgan fingerprint density at radius 3 is 2.95 bits per heavy atom. The van der Waals surface area contributed by atoms with E-state index in [-0.39, 0.29) is 0 Å². The summed E-state index contributed by atoms with van der Waals surface area (Å²) in [6, 6.07) is 11.1. The minimum Gasteiger partial charge on any atom is -0.366 e. The molecule has 0 bridgehead atoms. The second-order valence-electron chi connectivity index (χ2n) is 5.30. The van der Waals surface area contributed by atoms with Gasteiger partial charge in [0.2, 0.25) is 0 Å². The molecule has 1 heterocycles. The lowest BCUT2D eigenvalue weighted by molar-refractivity contribution is 0.763. The molecule has 3 rings (SSSR count). The molecule has 1 aromatic carbocycles. The number of nitrogens with zero attached hydrogens (tertiary/aromatic N) is 1. The molecule has 2 aromatic rings. The molecule has 0 spiro atoms. The van der Waals surface area contributed by atoms with Crippen LogP contribution in [0.2, 0.25) is 0 Å². The molecule has 1 aromatic heterocycles. The third-order valence-corrected chi connectivity index (χ3v) is 5.16. The number of hydrogen-bond acceptors (Lipinski definition) is 3. The Kier molecular flexibility index (Phi) is 3.65. The van der Waals surface area contributed by atoms with Crippen molar-refractivity contribution < 1.29 is 0 Å². The lowest BCUT2D eigenvalue weighted by Crippen LogP contribution is -2.26. The van der Waals surface area contributed by atoms with Gasteiger partial charge in [0, 0.05) is 16.7 Å². The van der Waals surface area contributed by atoms with Crippen molar-refractivity contribution in [2.24, 2.45) is 0 Å². The molecule has 2 unspecified atom stereocenters. The second kappa shape index (κ2) is 5.41. The Morgan fingerprint density at radius 2 is 2.11 bits per heavy atom. The van der Waals surface area contributed by atoms with Gasteiger partial charge >= 0.3 is 0 Å². The number of anilines is 1. The number of para-hydroxylation sites is 1. The highest BCUT2D eigenvalue weighted by Crippen LogP contribution is 2.31. The van der Waals surface area contributed by atoms with Crippen LogP contribution in [0.5, 0.6) is 0 Å². The Morgan fingerprint density at radius 1 is 1.26 bits per heavy atom. The molecule has 100 valence electrons. The summed E-state index contributed by atoms with van der Waals surface area (Å²) in [7, 11) is 0. The van der Waals surface area contributed by atoms with Crippen molar-refractivity contribution in [2.45, 2.75) is 37.5 Å². The first-order valence-corrected chi connectivity index (χ1v) is 8.22. The first-order chi connectivity index (χ1) is 9.28. The fourth-order valence-electron chi connectivity index (χ4n) is 2.92. The Balaban J connectivity index is 1.90. The Hall–Kier alpha value is -1.22. The zero-order valence-corrected chi connectivity index (χ0v) is 12.3. The zero-order chi connectivity index (χ0) is 13.2. The van der Waals surface area contributed by atoms with E-state index in [4.69, 9.17) is 4.98 Å². The Labute approximate surface area is 119 Å². The fraction of sp³-hybridized carbons (Fsp3) is 0.438. The van der Waals surface area contributed by atoms with Crippen molar-refractivity contribution in [3.8, 4) is 0 Å². The van der Waals surface area contributed by atoms with Crippen molar-refractivity contribution in [3.63, 3.8) is 0 Å². The smallest absolute Gasteiger partial charge is 0.129 e. The first kappa shape index (κ1) is 12.8. The van der Waals surface area contributed by atoms with Crippen LogP contribution in [0.4, 0.5) is 5.82 Å². The van der Waals surface area contributed by atoms with E-state index in [0.29, 0.717) is 6.04 Å². The van der Waals surface area contributed by atoms with Crippen molar-refractivity contribution >= 4 is 28.5 Å². The van der Waals surface area contributed by atoms with Crippen LogP contribution in [0.15, 0.2) is 30.3 Å². The van der Waals surface area contributed by atoms with Gasteiger partial charge in [-0.05, 0) is 43.7 Å². The van der Waals surface area contributed by atoms with Crippen LogP contribution in [-0.2, 0) is 0 Å². The number of aromatic nitrogens is 1. The summed E-state index contributed by atoms with van der Waals surface area (Å²) in [6.45, 7) is 2.14. The lowest BCUT2D eigenvalue weighted by atomic mass is 10.1. The summed E-state index contributed by atoms with van der Waals surface area (Å²) in [5.41, 5.74) is 2.32. The van der Waals surface area contributed by atoms with Gasteiger partial charge in [0.1, 0.15) is 5.82 Å². The van der Waals surface area contributed by atoms with Crippen LogP contribution in [0.1, 0.15) is 24.8 Å². The number of pyridine rings is 1. The van der Waals surface area contributed by atoms with Gasteiger partial charge in [0.15, 0.2) is 0 Å². The summed E-state index contributed by atoms with van der Waals surface area (Å²) in [6.07, 6.45) is 6.13. The monoisotopic (exact) mass is 272 g/mol. The number of aryl methyl sites for hydroxylation is 1. The van der Waals surface area contributed by atoms with Gasteiger partial charge < -0.3 is 5.32 Å². The lowest BCUT2D eigenvalue weighted by Gasteiger charge is -2.21. The summed E-state index contributed by atoms with van der Waals surface area (Å²) >= 11 is 1.98. The summed E-state index contributed by atoms with van der Waals surface area (Å²) in [5, 5.41) is 5.62. The van der Waals surface area contributed by atoms with Gasteiger partial charge in [-0.25, -0.2) is 4.98 Å². The number of benzene rings is 1. The van der Waals surface area contributed by atoms with Crippen molar-refractivity contribution in [2.75, 3.05) is 11.6 Å². The maximum atomic E-state index is 4.79. The van der Waals surface area contributed by atoms with Crippen LogP contribution in [0.25, 0.3) is 10.9 Å². The van der Waals surface area contributed by atoms with E-state index in [2.05, 4.69) is 48.8 Å². The minimum atomic E-state index is 0.572. The molecule has 1 saturated carbocycles. The molecule has 0 saturated heterocycles. The molecule has 3 heteroatoms. The van der Waals surface area contributed by atoms with E-state index in [1.165, 1.54) is 30.2 Å². The van der Waals surface area contributed by atoms with Gasteiger partial charge in [-0.15, -0.1) is 0 Å². The molecule has 1 aliphatic carbocycles. The molecule has 1 aliphatic rings. The molecule has 2 nitrogen and oxygen atoms in total. The third kappa shape index (κ3) is 2.57. The van der Waals surface area contributed by atoms with Crippen molar-refractivity contribution in [1.82, 2.24) is 4.98 Å². The van der Waals surface area contributed by atoms with E-state index < -0.39 is 0 Å². The van der Waals surface area contributed by atoms with Crippen LogP contribution in [0.3, 0.4) is 0 Å². The summed E-state index contributed by atoms with van der Waals surface area (Å²) in [5.74, 6) is 1.06. The highest BCUT2D eigenvalue weighted by molar-refractivity contribution is 7.99. The Bertz CT molecular complexity index is 582. The van der Waals surface area contributed by atoms with Gasteiger partial charge in [-0.3, -0.25) is 0 Å². The predicted molar refractivity (Wildman–Crippen MR) is 85.0 cm³/mol. The average Bonchev–Trinajstić information content (AvgIpc) is 2.87. The largest absolute Gasteiger partial charge is 0.366 e. The maximum absolute atomic E-state index is 4.79. The molecular weight excluding hydrogens is 252 g/mol. The number of rotatable bonds is 3. The normalized spacial score (nSPS) is 22.8. The fourth-order valence-corrected chi connectivity index (χ4v) is 3.85. The van der Waals surface area contributed by atoms with Crippen LogP contribution < -0.4 is 5.32 Å². The van der Waals surface area contributed by atoms with Crippen molar-refractivity contribution in [1.29, 1.82) is 0 Å². The SMILES string of the molecule is CSC1CCCC1Nc1nc2ccccc2cc1C. The quantitative estimate of drug-likeness (QED) is 0.904. The third-order valence-electron chi connectivity index (χ3n) is 3.99. The minimum absolute atomic E-state index is 0.572. The topological polar surface area (TPSA) is 24.9 Å². The average molecular weight is 272 g/mol. The number of fused-ring (bicyclic) bond motifs is 1. The van der Waals surface area contributed by atoms with Crippen LogP contribution >= 0.6 is 11.8 Å². The predicted octanol–water partition coefficient (Wildman–Crippen LogP) is 4.24. The number of nitrogens with one attached hydrogen (secondary N) is 1. The molecule has 0 radical (unpaired) electrons. The number of thioether (sulfide) groups is 1. The molecule has 0 aliphatic heterocycles. The van der Waals surface area contributed by atoms with E-state index in [1.807, 2.05) is 11.8 Å². The van der Waals surface area contributed by atoms with Gasteiger partial charge in [-0.1, -0.05) is 24.6 Å². The van der Waals surface area contributed by atoms with Crippen LogP contribution in [0, 0.1) is 6.92 Å². The maximum Gasteiger partial charge on any atom is 0.129 e. The van der Waals surface area contributed by atoms with E-state index in [9.17, 15) is 0 Å². The zero-order valence-electron chi connectivity index (χ0n) is 11.5. The van der Waals surface area contributed by atoms with Gasteiger partial charge in [0.25, 0.3) is 0 Å². The van der Waals surface area contributed by atoms with Gasteiger partial charge in [0.05, 0.1) is 5.52 Å². The summed E-state index contributed by atoms with van der Waals surface area (Å²) in [4.78, 5) is 4.79. The highest BCUT2D eigenvalue weighted by Gasteiger charge is 2.26. The van der Waals surface area contributed by atoms with Gasteiger partial charge in [-0.2, -0.15) is 11.8 Å². The standard InChI is InChI=1S/C16H20N2S/c1-11-10-12-6-3-4-7-13(12)17-16(11)18-14-8-5-9-15(14)19-2/h3-4,6-7,10,14-15H,5,8-9H2,1-2H3,(H,17,18). The second-order valence-corrected chi connectivity index (χ2v) is 6.38. The first-order valence-electron chi connectivity index (χ1n) is 6.93. The van der Waals surface area contributed by atoms with E-state index in [1.54, 1.807) is 0 Å². The molecule has 19 heavy (non-hydrogen) atoms. The van der Waals surface area contributed by atoms with E-state index in [0.717, 1.165) is 16.6 Å². The van der Waals surface area contributed by atoms with E-state index >= 15 is 0 Å². The molecule has 1 N–H and O–H groups in total. The highest BCUT2D eigenvalue weighted by atomic mass is 32.2. The molecule has 1 fully saturated rings. The molecule has 2 atom stereocenters. The van der Waals surface area contributed by atoms with Crippen molar-refractivity contribution in [3.05, 3.63) is 35.9 Å². The number of hydrogen-bond donors (Lipinski definition) is 1. The molecular formula is C16H20N2S. The van der Waals surface area contributed by atoms with Crippen LogP contribution in [-0.4, -0.2) is 22.5 Å². The summed E-state index contributed by atoms with van der Waals surface area (Å²) < 4.78 is 0. The molecule has 0 amide bonds.